The summed E-state index contributed by atoms with van der Waals surface area (Å²) in [5, 5.41) is 9.30. The molecule has 0 radical (unpaired) electrons. The fourth-order valence-corrected chi connectivity index (χ4v) is 2.03. The number of carboxylic acids is 1. The highest BCUT2D eigenvalue weighted by molar-refractivity contribution is 6.00. The molecule has 0 aromatic heterocycles. The number of hydrogen-bond donors (Lipinski definition) is 1. The highest BCUT2D eigenvalue weighted by Crippen LogP contribution is 2.28. The summed E-state index contributed by atoms with van der Waals surface area (Å²) in [6.07, 6.45) is 0. The van der Waals surface area contributed by atoms with E-state index in [1.54, 1.807) is 25.1 Å². The van der Waals surface area contributed by atoms with Gasteiger partial charge in [-0.3, -0.25) is 4.79 Å². The summed E-state index contributed by atoms with van der Waals surface area (Å²) in [4.78, 5) is 25.3. The van der Waals surface area contributed by atoms with Gasteiger partial charge in [-0.2, -0.15) is 0 Å². The van der Waals surface area contributed by atoms with Crippen LogP contribution in [0.1, 0.15) is 31.1 Å². The molecule has 0 bridgehead atoms. The first kappa shape index (κ1) is 16.8. The van der Waals surface area contributed by atoms with E-state index in [1.807, 2.05) is 0 Å². The monoisotopic (exact) mass is 295 g/mol. The molecule has 116 valence electrons. The number of carboxylic acid groups (broad SMARTS) is 1. The Labute approximate surface area is 124 Å². The molecule has 0 aliphatic rings. The van der Waals surface area contributed by atoms with Gasteiger partial charge in [0.2, 0.25) is 0 Å². The molecule has 1 aromatic carbocycles. The van der Waals surface area contributed by atoms with Gasteiger partial charge in [0.05, 0.1) is 19.8 Å². The third-order valence-corrected chi connectivity index (χ3v) is 3.40. The fraction of sp³-hybridized carbons (Fsp3) is 0.467. The fourth-order valence-electron chi connectivity index (χ4n) is 2.03. The van der Waals surface area contributed by atoms with Crippen molar-refractivity contribution in [3.63, 3.8) is 0 Å². The lowest BCUT2D eigenvalue weighted by molar-refractivity contribution is -0.147. The van der Waals surface area contributed by atoms with Crippen molar-refractivity contribution in [3.8, 4) is 11.5 Å². The molecule has 6 heteroatoms. The molecule has 0 aliphatic heterocycles. The molecule has 1 N–H and O–H groups in total. The van der Waals surface area contributed by atoms with E-state index in [0.29, 0.717) is 17.1 Å². The minimum absolute atomic E-state index is 0.271. The van der Waals surface area contributed by atoms with E-state index in [2.05, 4.69) is 0 Å². The van der Waals surface area contributed by atoms with E-state index in [-0.39, 0.29) is 6.54 Å². The van der Waals surface area contributed by atoms with Crippen molar-refractivity contribution in [1.82, 2.24) is 4.90 Å². The highest BCUT2D eigenvalue weighted by Gasteiger charge is 2.38. The van der Waals surface area contributed by atoms with Crippen LogP contribution in [0.2, 0.25) is 0 Å². The Hall–Kier alpha value is -2.24. The summed E-state index contributed by atoms with van der Waals surface area (Å²) in [5.41, 5.74) is -1.01. The molecular weight excluding hydrogens is 274 g/mol. The van der Waals surface area contributed by atoms with Gasteiger partial charge in [-0.15, -0.1) is 0 Å². The van der Waals surface area contributed by atoms with E-state index in [4.69, 9.17) is 9.47 Å². The Balaban J connectivity index is 3.26. The van der Waals surface area contributed by atoms with Gasteiger partial charge >= 0.3 is 5.97 Å². The number of amides is 1. The van der Waals surface area contributed by atoms with Gasteiger partial charge in [0.1, 0.15) is 17.0 Å². The number of carbonyl (C=O) groups is 2. The third-order valence-electron chi connectivity index (χ3n) is 3.40. The molecule has 0 saturated carbocycles. The normalized spacial score (nSPS) is 10.9. The number of carbonyl (C=O) groups excluding carboxylic acids is 1. The molecule has 1 aromatic rings. The van der Waals surface area contributed by atoms with Crippen molar-refractivity contribution >= 4 is 11.9 Å². The first-order valence-electron chi connectivity index (χ1n) is 6.57. The first-order chi connectivity index (χ1) is 9.79. The Morgan fingerprint density at radius 3 is 2.29 bits per heavy atom. The van der Waals surface area contributed by atoms with Crippen LogP contribution >= 0.6 is 0 Å². The molecule has 21 heavy (non-hydrogen) atoms. The Kier molecular flexibility index (Phi) is 5.18. The van der Waals surface area contributed by atoms with Crippen molar-refractivity contribution < 1.29 is 24.2 Å². The summed E-state index contributed by atoms with van der Waals surface area (Å²) >= 11 is 0. The van der Waals surface area contributed by atoms with Crippen LogP contribution in [0, 0.1) is 0 Å². The third kappa shape index (κ3) is 3.26. The SMILES string of the molecule is CCN(C(=O)c1ccc(OC)cc1OC)C(C)(C)C(=O)O. The Bertz CT molecular complexity index is 539. The average molecular weight is 295 g/mol. The predicted octanol–water partition coefficient (Wildman–Crippen LogP) is 2.03. The molecule has 0 saturated heterocycles. The zero-order valence-electron chi connectivity index (χ0n) is 13.0. The van der Waals surface area contributed by atoms with Crippen LogP contribution in [0.3, 0.4) is 0 Å². The number of benzene rings is 1. The minimum atomic E-state index is -1.31. The van der Waals surface area contributed by atoms with Gasteiger partial charge in [0.15, 0.2) is 0 Å². The van der Waals surface area contributed by atoms with Gasteiger partial charge < -0.3 is 19.5 Å². The van der Waals surface area contributed by atoms with Crippen LogP contribution in [0.15, 0.2) is 18.2 Å². The Morgan fingerprint density at radius 2 is 1.86 bits per heavy atom. The number of ether oxygens (including phenoxy) is 2. The van der Waals surface area contributed by atoms with Gasteiger partial charge in [-0.1, -0.05) is 0 Å². The largest absolute Gasteiger partial charge is 0.497 e. The molecule has 1 rings (SSSR count). The van der Waals surface area contributed by atoms with Crippen molar-refractivity contribution in [2.75, 3.05) is 20.8 Å². The van der Waals surface area contributed by atoms with Crippen molar-refractivity contribution in [2.24, 2.45) is 0 Å². The molecule has 0 unspecified atom stereocenters. The summed E-state index contributed by atoms with van der Waals surface area (Å²) < 4.78 is 10.3. The number of methoxy groups -OCH3 is 2. The molecule has 0 spiro atoms. The Morgan fingerprint density at radius 1 is 1.24 bits per heavy atom. The molecule has 0 atom stereocenters. The van der Waals surface area contributed by atoms with Gasteiger partial charge in [0, 0.05) is 12.6 Å². The summed E-state index contributed by atoms with van der Waals surface area (Å²) in [5.74, 6) is -0.558. The van der Waals surface area contributed by atoms with E-state index < -0.39 is 17.4 Å². The first-order valence-corrected chi connectivity index (χ1v) is 6.57. The zero-order chi connectivity index (χ0) is 16.2. The van der Waals surface area contributed by atoms with Crippen molar-refractivity contribution in [1.29, 1.82) is 0 Å². The standard InChI is InChI=1S/C15H21NO5/c1-6-16(15(2,3)14(18)19)13(17)11-8-7-10(20-4)9-12(11)21-5/h7-9H,6H2,1-5H3,(H,18,19). The van der Waals surface area contributed by atoms with Crippen LogP contribution in [-0.2, 0) is 4.79 Å². The maximum absolute atomic E-state index is 12.6. The number of aliphatic carboxylic acids is 1. The summed E-state index contributed by atoms with van der Waals surface area (Å²) in [6.45, 7) is 4.99. The predicted molar refractivity (Wildman–Crippen MR) is 78.0 cm³/mol. The van der Waals surface area contributed by atoms with E-state index in [1.165, 1.54) is 33.0 Å². The van der Waals surface area contributed by atoms with Crippen LogP contribution in [-0.4, -0.2) is 48.2 Å². The number of likely N-dealkylation sites (N-methyl/N-ethyl adjacent to an activating group) is 1. The second kappa shape index (κ2) is 6.47. The van der Waals surface area contributed by atoms with Crippen LogP contribution < -0.4 is 9.47 Å². The second-order valence-corrected chi connectivity index (χ2v) is 4.98. The van der Waals surface area contributed by atoms with Gasteiger partial charge in [-0.25, -0.2) is 4.79 Å². The molecule has 6 nitrogen and oxygen atoms in total. The lowest BCUT2D eigenvalue weighted by Gasteiger charge is -2.34. The summed E-state index contributed by atoms with van der Waals surface area (Å²) in [7, 11) is 2.96. The highest BCUT2D eigenvalue weighted by atomic mass is 16.5. The van der Waals surface area contributed by atoms with E-state index in [0.717, 1.165) is 0 Å². The molecule has 0 aliphatic carbocycles. The average Bonchev–Trinajstić information content (AvgIpc) is 2.46. The number of rotatable bonds is 6. The molecule has 0 fully saturated rings. The van der Waals surface area contributed by atoms with Crippen molar-refractivity contribution in [3.05, 3.63) is 23.8 Å². The van der Waals surface area contributed by atoms with Crippen LogP contribution in [0.4, 0.5) is 0 Å². The smallest absolute Gasteiger partial charge is 0.329 e. The van der Waals surface area contributed by atoms with Crippen molar-refractivity contribution in [2.45, 2.75) is 26.3 Å². The van der Waals surface area contributed by atoms with Gasteiger partial charge in [0.25, 0.3) is 5.91 Å². The van der Waals surface area contributed by atoms with Crippen LogP contribution in [0.5, 0.6) is 11.5 Å². The lowest BCUT2D eigenvalue weighted by atomic mass is 10.0. The zero-order valence-corrected chi connectivity index (χ0v) is 13.0. The minimum Gasteiger partial charge on any atom is -0.497 e. The van der Waals surface area contributed by atoms with Gasteiger partial charge in [-0.05, 0) is 32.9 Å². The summed E-state index contributed by atoms with van der Waals surface area (Å²) in [6, 6.07) is 4.80. The van der Waals surface area contributed by atoms with E-state index in [9.17, 15) is 14.7 Å². The quantitative estimate of drug-likeness (QED) is 0.869. The lowest BCUT2D eigenvalue weighted by Crippen LogP contribution is -2.52. The molecular formula is C15H21NO5. The second-order valence-electron chi connectivity index (χ2n) is 4.98. The maximum Gasteiger partial charge on any atom is 0.329 e. The van der Waals surface area contributed by atoms with E-state index >= 15 is 0 Å². The number of nitrogens with zero attached hydrogens (tertiary/aromatic N) is 1. The maximum atomic E-state index is 12.6. The number of hydrogen-bond acceptors (Lipinski definition) is 4. The van der Waals surface area contributed by atoms with Crippen LogP contribution in [0.25, 0.3) is 0 Å². The molecule has 1 amide bonds. The topological polar surface area (TPSA) is 76.1 Å². The molecule has 0 heterocycles.